The van der Waals surface area contributed by atoms with E-state index in [4.69, 9.17) is 4.42 Å². The molecular formula is C14H14BrFN2O. The van der Waals surface area contributed by atoms with Crippen LogP contribution in [-0.4, -0.2) is 10.2 Å². The Labute approximate surface area is 119 Å². The van der Waals surface area contributed by atoms with E-state index in [1.54, 1.807) is 12.1 Å². The van der Waals surface area contributed by atoms with Crippen molar-refractivity contribution in [2.24, 2.45) is 0 Å². The van der Waals surface area contributed by atoms with Crippen molar-refractivity contribution in [3.05, 3.63) is 34.4 Å². The fourth-order valence-corrected chi connectivity index (χ4v) is 3.06. The summed E-state index contributed by atoms with van der Waals surface area (Å²) < 4.78 is 20.1. The Balaban J connectivity index is 1.92. The zero-order chi connectivity index (χ0) is 13.2. The van der Waals surface area contributed by atoms with E-state index in [-0.39, 0.29) is 11.7 Å². The zero-order valence-electron chi connectivity index (χ0n) is 10.4. The summed E-state index contributed by atoms with van der Waals surface area (Å²) in [5, 5.41) is 8.09. The second-order valence-corrected chi connectivity index (χ2v) is 5.73. The second-order valence-electron chi connectivity index (χ2n) is 4.88. The Morgan fingerprint density at radius 3 is 2.68 bits per heavy atom. The summed E-state index contributed by atoms with van der Waals surface area (Å²) in [6.07, 6.45) is 5.84. The maximum Gasteiger partial charge on any atom is 0.251 e. The van der Waals surface area contributed by atoms with Crippen molar-refractivity contribution in [2.45, 2.75) is 38.0 Å². The van der Waals surface area contributed by atoms with Crippen LogP contribution in [-0.2, 0) is 0 Å². The molecule has 3 rings (SSSR count). The molecule has 1 fully saturated rings. The SMILES string of the molecule is Fc1cccc(Br)c1-c1nnc(C2CCCCC2)o1. The third kappa shape index (κ3) is 2.56. The molecule has 1 saturated carbocycles. The van der Waals surface area contributed by atoms with Crippen LogP contribution in [0, 0.1) is 5.82 Å². The molecule has 0 amide bonds. The number of hydrogen-bond acceptors (Lipinski definition) is 3. The molecule has 0 radical (unpaired) electrons. The molecule has 5 heteroatoms. The van der Waals surface area contributed by atoms with Crippen LogP contribution in [0.5, 0.6) is 0 Å². The van der Waals surface area contributed by atoms with E-state index in [0.29, 0.717) is 21.8 Å². The van der Waals surface area contributed by atoms with Gasteiger partial charge in [0.25, 0.3) is 5.89 Å². The highest BCUT2D eigenvalue weighted by atomic mass is 79.9. The molecule has 0 unspecified atom stereocenters. The summed E-state index contributed by atoms with van der Waals surface area (Å²) in [6.45, 7) is 0. The zero-order valence-corrected chi connectivity index (χ0v) is 12.0. The predicted molar refractivity (Wildman–Crippen MR) is 73.2 cm³/mol. The highest BCUT2D eigenvalue weighted by molar-refractivity contribution is 9.10. The second kappa shape index (κ2) is 5.41. The number of hydrogen-bond donors (Lipinski definition) is 0. The van der Waals surface area contributed by atoms with Gasteiger partial charge in [0.15, 0.2) is 0 Å². The van der Waals surface area contributed by atoms with Crippen LogP contribution in [0.4, 0.5) is 4.39 Å². The summed E-state index contributed by atoms with van der Waals surface area (Å²) in [6, 6.07) is 4.80. The van der Waals surface area contributed by atoms with Crippen molar-refractivity contribution >= 4 is 15.9 Å². The first-order valence-electron chi connectivity index (χ1n) is 6.53. The molecule has 0 spiro atoms. The molecule has 1 heterocycles. The van der Waals surface area contributed by atoms with E-state index in [0.717, 1.165) is 12.8 Å². The summed E-state index contributed by atoms with van der Waals surface area (Å²) in [5.41, 5.74) is 0.344. The van der Waals surface area contributed by atoms with Crippen LogP contribution in [0.15, 0.2) is 27.1 Å². The molecule has 0 saturated heterocycles. The Morgan fingerprint density at radius 1 is 1.16 bits per heavy atom. The fraction of sp³-hybridized carbons (Fsp3) is 0.429. The minimum atomic E-state index is -0.354. The van der Waals surface area contributed by atoms with Crippen LogP contribution < -0.4 is 0 Å². The van der Waals surface area contributed by atoms with Gasteiger partial charge in [0.05, 0.1) is 5.56 Å². The minimum Gasteiger partial charge on any atom is -0.420 e. The fourth-order valence-electron chi connectivity index (χ4n) is 2.55. The van der Waals surface area contributed by atoms with Crippen molar-refractivity contribution < 1.29 is 8.81 Å². The van der Waals surface area contributed by atoms with Gasteiger partial charge in [-0.1, -0.05) is 25.3 Å². The van der Waals surface area contributed by atoms with Crippen molar-refractivity contribution in [1.29, 1.82) is 0 Å². The van der Waals surface area contributed by atoms with Crippen LogP contribution in [0.3, 0.4) is 0 Å². The van der Waals surface area contributed by atoms with Crippen molar-refractivity contribution in [1.82, 2.24) is 10.2 Å². The summed E-state index contributed by atoms with van der Waals surface area (Å²) in [7, 11) is 0. The van der Waals surface area contributed by atoms with Gasteiger partial charge in [0, 0.05) is 10.4 Å². The van der Waals surface area contributed by atoms with Crippen LogP contribution in [0.25, 0.3) is 11.5 Å². The first kappa shape index (κ1) is 12.8. The smallest absolute Gasteiger partial charge is 0.251 e. The molecule has 19 heavy (non-hydrogen) atoms. The van der Waals surface area contributed by atoms with Gasteiger partial charge in [-0.15, -0.1) is 10.2 Å². The van der Waals surface area contributed by atoms with E-state index < -0.39 is 0 Å². The maximum atomic E-state index is 13.8. The third-order valence-corrected chi connectivity index (χ3v) is 4.23. The van der Waals surface area contributed by atoms with E-state index in [9.17, 15) is 4.39 Å². The molecular weight excluding hydrogens is 311 g/mol. The van der Waals surface area contributed by atoms with Crippen molar-refractivity contribution in [3.63, 3.8) is 0 Å². The third-order valence-electron chi connectivity index (χ3n) is 3.57. The molecule has 0 aliphatic heterocycles. The van der Waals surface area contributed by atoms with Gasteiger partial charge in [-0.3, -0.25) is 0 Å². The highest BCUT2D eigenvalue weighted by Gasteiger charge is 2.23. The molecule has 1 aliphatic carbocycles. The van der Waals surface area contributed by atoms with E-state index in [1.165, 1.54) is 25.3 Å². The number of halogens is 2. The summed E-state index contributed by atoms with van der Waals surface area (Å²) >= 11 is 3.32. The molecule has 0 bridgehead atoms. The van der Waals surface area contributed by atoms with Crippen molar-refractivity contribution in [3.8, 4) is 11.5 Å². The predicted octanol–water partition coefficient (Wildman–Crippen LogP) is 4.69. The van der Waals surface area contributed by atoms with Gasteiger partial charge in [-0.2, -0.15) is 0 Å². The summed E-state index contributed by atoms with van der Waals surface area (Å²) in [4.78, 5) is 0. The normalized spacial score (nSPS) is 16.7. The lowest BCUT2D eigenvalue weighted by molar-refractivity contribution is 0.366. The maximum absolute atomic E-state index is 13.8. The quantitative estimate of drug-likeness (QED) is 0.804. The van der Waals surface area contributed by atoms with Gasteiger partial charge >= 0.3 is 0 Å². The largest absolute Gasteiger partial charge is 0.420 e. The molecule has 0 N–H and O–H groups in total. The first-order valence-corrected chi connectivity index (χ1v) is 7.33. The van der Waals surface area contributed by atoms with Crippen LogP contribution in [0.2, 0.25) is 0 Å². The number of benzene rings is 1. The Bertz CT molecular complexity index is 558. The van der Waals surface area contributed by atoms with E-state index >= 15 is 0 Å². The van der Waals surface area contributed by atoms with Crippen molar-refractivity contribution in [2.75, 3.05) is 0 Å². The van der Waals surface area contributed by atoms with Gasteiger partial charge in [0.2, 0.25) is 5.89 Å². The van der Waals surface area contributed by atoms with Gasteiger partial charge in [-0.25, -0.2) is 4.39 Å². The minimum absolute atomic E-state index is 0.255. The molecule has 1 aliphatic rings. The molecule has 1 aromatic carbocycles. The van der Waals surface area contributed by atoms with Gasteiger partial charge < -0.3 is 4.42 Å². The van der Waals surface area contributed by atoms with Crippen LogP contribution >= 0.6 is 15.9 Å². The molecule has 3 nitrogen and oxygen atoms in total. The van der Waals surface area contributed by atoms with Gasteiger partial charge in [0.1, 0.15) is 5.82 Å². The molecule has 1 aromatic heterocycles. The lowest BCUT2D eigenvalue weighted by atomic mass is 9.89. The number of rotatable bonds is 2. The molecule has 0 atom stereocenters. The Morgan fingerprint density at radius 2 is 1.95 bits per heavy atom. The number of nitrogens with zero attached hydrogens (tertiary/aromatic N) is 2. The van der Waals surface area contributed by atoms with Gasteiger partial charge in [-0.05, 0) is 40.9 Å². The lowest BCUT2D eigenvalue weighted by Gasteiger charge is -2.17. The average molecular weight is 325 g/mol. The molecule has 2 aromatic rings. The van der Waals surface area contributed by atoms with E-state index in [2.05, 4.69) is 26.1 Å². The molecule has 100 valence electrons. The summed E-state index contributed by atoms with van der Waals surface area (Å²) in [5.74, 6) is 0.879. The van der Waals surface area contributed by atoms with Crippen LogP contribution in [0.1, 0.15) is 43.9 Å². The monoisotopic (exact) mass is 324 g/mol. The Kier molecular flexibility index (Phi) is 3.64. The number of aromatic nitrogens is 2. The van der Waals surface area contributed by atoms with E-state index in [1.807, 2.05) is 0 Å². The average Bonchev–Trinajstić information content (AvgIpc) is 2.89. The topological polar surface area (TPSA) is 38.9 Å². The lowest BCUT2D eigenvalue weighted by Crippen LogP contribution is -2.04. The Hall–Kier alpha value is -1.23. The standard InChI is InChI=1S/C14H14BrFN2O/c15-10-7-4-8-11(16)12(10)14-18-17-13(19-14)9-5-2-1-3-6-9/h4,7-9H,1-3,5-6H2. The highest BCUT2D eigenvalue weighted by Crippen LogP contribution is 2.35. The first-order chi connectivity index (χ1) is 9.25.